The van der Waals surface area contributed by atoms with Crippen LogP contribution in [0, 0.1) is 0 Å². The fourth-order valence-corrected chi connectivity index (χ4v) is 1.64. The lowest BCUT2D eigenvalue weighted by Crippen LogP contribution is -2.68. The van der Waals surface area contributed by atoms with Crippen molar-refractivity contribution >= 4 is 5.69 Å². The fourth-order valence-electron chi connectivity index (χ4n) is 1.64. The van der Waals surface area contributed by atoms with Gasteiger partial charge in [0.1, 0.15) is 0 Å². The molecule has 0 saturated carbocycles. The number of anilines is 1. The van der Waals surface area contributed by atoms with Crippen molar-refractivity contribution in [1.29, 1.82) is 0 Å². The maximum Gasteiger partial charge on any atom is 0.155 e. The monoisotopic (exact) mass is 178 g/mol. The lowest BCUT2D eigenvalue weighted by Gasteiger charge is -2.40. The third-order valence-electron chi connectivity index (χ3n) is 2.49. The van der Waals surface area contributed by atoms with Gasteiger partial charge in [0.05, 0.1) is 5.69 Å². The average Bonchev–Trinajstić information content (AvgIpc) is 2.13. The molecular weight excluding hydrogens is 164 g/mol. The van der Waals surface area contributed by atoms with Crippen molar-refractivity contribution in [3.05, 3.63) is 29.8 Å². The van der Waals surface area contributed by atoms with E-state index in [1.54, 1.807) is 0 Å². The Hall–Kier alpha value is -1.10. The minimum absolute atomic E-state index is 0.681. The zero-order valence-electron chi connectivity index (χ0n) is 7.40. The quantitative estimate of drug-likeness (QED) is 0.382. The zero-order chi connectivity index (χ0) is 9.47. The Morgan fingerprint density at radius 3 is 2.69 bits per heavy atom. The molecule has 0 amide bonds. The molecule has 1 heterocycles. The summed E-state index contributed by atoms with van der Waals surface area (Å²) in [4.78, 5) is 0. The summed E-state index contributed by atoms with van der Waals surface area (Å²) in [5.41, 5.74) is 13.8. The molecule has 6 N–H and O–H groups in total. The largest absolute Gasteiger partial charge is 0.295 e. The molecule has 0 aliphatic carbocycles. The number of hydrogen-bond acceptors (Lipinski definition) is 4. The average molecular weight is 178 g/mol. The Morgan fingerprint density at radius 1 is 1.23 bits per heavy atom. The molecular formula is C9H14N4. The van der Waals surface area contributed by atoms with Crippen molar-refractivity contribution in [2.45, 2.75) is 18.6 Å². The van der Waals surface area contributed by atoms with Crippen LogP contribution in [0.2, 0.25) is 0 Å². The summed E-state index contributed by atoms with van der Waals surface area (Å²) in [6.07, 6.45) is 1.57. The Morgan fingerprint density at radius 2 is 1.92 bits per heavy atom. The molecule has 0 radical (unpaired) electrons. The van der Waals surface area contributed by atoms with Gasteiger partial charge in [-0.2, -0.15) is 0 Å². The molecule has 0 saturated heterocycles. The summed E-state index contributed by atoms with van der Waals surface area (Å²) >= 11 is 0. The van der Waals surface area contributed by atoms with Crippen LogP contribution in [0.1, 0.15) is 12.0 Å². The van der Waals surface area contributed by atoms with Gasteiger partial charge in [-0.15, -0.1) is 0 Å². The van der Waals surface area contributed by atoms with Gasteiger partial charge in [0.25, 0.3) is 0 Å². The van der Waals surface area contributed by atoms with Crippen molar-refractivity contribution in [1.82, 2.24) is 0 Å². The predicted molar refractivity (Wildman–Crippen MR) is 52.5 cm³/mol. The van der Waals surface area contributed by atoms with E-state index in [1.165, 1.54) is 10.6 Å². The van der Waals surface area contributed by atoms with Gasteiger partial charge in [-0.05, 0) is 18.1 Å². The standard InChI is InChI=1S/C9H14N4/c10-9(11)6-5-7-3-1-2-4-8(7)13(9)12/h1-4H,5-6,10-12H2. The van der Waals surface area contributed by atoms with E-state index in [1.807, 2.05) is 24.3 Å². The van der Waals surface area contributed by atoms with Gasteiger partial charge in [0.2, 0.25) is 0 Å². The first-order chi connectivity index (χ1) is 6.11. The summed E-state index contributed by atoms with van der Waals surface area (Å²) in [5, 5.41) is 1.45. The first-order valence-electron chi connectivity index (χ1n) is 4.32. The second-order valence-corrected chi connectivity index (χ2v) is 3.49. The molecule has 0 unspecified atom stereocenters. The highest BCUT2D eigenvalue weighted by molar-refractivity contribution is 5.56. The van der Waals surface area contributed by atoms with Crippen molar-refractivity contribution in [3.8, 4) is 0 Å². The number of hydrogen-bond donors (Lipinski definition) is 3. The highest BCUT2D eigenvalue weighted by atomic mass is 15.5. The molecule has 1 aliphatic rings. The topological polar surface area (TPSA) is 81.3 Å². The number of hydrazine groups is 1. The Bertz CT molecular complexity index is 321. The lowest BCUT2D eigenvalue weighted by molar-refractivity contribution is 0.371. The van der Waals surface area contributed by atoms with Crippen LogP contribution in [0.4, 0.5) is 5.69 Å². The van der Waals surface area contributed by atoms with Crippen LogP contribution in [-0.4, -0.2) is 5.79 Å². The van der Waals surface area contributed by atoms with Crippen molar-refractivity contribution in [2.75, 3.05) is 5.01 Å². The number of para-hydroxylation sites is 1. The molecule has 70 valence electrons. The number of nitrogens with zero attached hydrogens (tertiary/aromatic N) is 1. The van der Waals surface area contributed by atoms with Crippen molar-refractivity contribution < 1.29 is 0 Å². The van der Waals surface area contributed by atoms with Crippen LogP contribution in [0.3, 0.4) is 0 Å². The minimum atomic E-state index is -0.908. The molecule has 0 spiro atoms. The van der Waals surface area contributed by atoms with E-state index in [9.17, 15) is 0 Å². The number of rotatable bonds is 0. The van der Waals surface area contributed by atoms with Crippen LogP contribution in [0.15, 0.2) is 24.3 Å². The van der Waals surface area contributed by atoms with Crippen molar-refractivity contribution in [3.63, 3.8) is 0 Å². The normalized spacial score (nSPS) is 19.8. The molecule has 4 heteroatoms. The Labute approximate surface area is 77.3 Å². The Balaban J connectivity index is 2.45. The second kappa shape index (κ2) is 2.70. The second-order valence-electron chi connectivity index (χ2n) is 3.49. The van der Waals surface area contributed by atoms with Crippen LogP contribution >= 0.6 is 0 Å². The highest BCUT2D eigenvalue weighted by Gasteiger charge is 2.31. The molecule has 1 aliphatic heterocycles. The Kier molecular flexibility index (Phi) is 1.76. The molecule has 2 rings (SSSR count). The van der Waals surface area contributed by atoms with Gasteiger partial charge >= 0.3 is 0 Å². The minimum Gasteiger partial charge on any atom is -0.295 e. The molecule has 0 fully saturated rings. The van der Waals surface area contributed by atoms with E-state index in [4.69, 9.17) is 17.3 Å². The molecule has 13 heavy (non-hydrogen) atoms. The molecule has 0 atom stereocenters. The summed E-state index contributed by atoms with van der Waals surface area (Å²) in [5.74, 6) is 4.90. The summed E-state index contributed by atoms with van der Waals surface area (Å²) in [6.45, 7) is 0. The number of aryl methyl sites for hydroxylation is 1. The van der Waals surface area contributed by atoms with Gasteiger partial charge in [-0.1, -0.05) is 18.2 Å². The van der Waals surface area contributed by atoms with Gasteiger partial charge in [-0.3, -0.25) is 16.5 Å². The predicted octanol–water partition coefficient (Wildman–Crippen LogP) is -0.116. The molecule has 1 aromatic carbocycles. The van der Waals surface area contributed by atoms with E-state index >= 15 is 0 Å². The smallest absolute Gasteiger partial charge is 0.155 e. The third-order valence-corrected chi connectivity index (χ3v) is 2.49. The van der Waals surface area contributed by atoms with Gasteiger partial charge in [-0.25, -0.2) is 5.84 Å². The van der Waals surface area contributed by atoms with E-state index in [-0.39, 0.29) is 0 Å². The molecule has 4 nitrogen and oxygen atoms in total. The van der Waals surface area contributed by atoms with Gasteiger partial charge in [0, 0.05) is 6.42 Å². The van der Waals surface area contributed by atoms with E-state index in [2.05, 4.69) is 0 Å². The van der Waals surface area contributed by atoms with Gasteiger partial charge in [0.15, 0.2) is 5.79 Å². The van der Waals surface area contributed by atoms with Crippen LogP contribution in [0.25, 0.3) is 0 Å². The first-order valence-corrected chi connectivity index (χ1v) is 4.32. The van der Waals surface area contributed by atoms with Crippen LogP contribution in [0.5, 0.6) is 0 Å². The fraction of sp³-hybridized carbons (Fsp3) is 0.333. The van der Waals surface area contributed by atoms with Crippen LogP contribution < -0.4 is 22.3 Å². The number of nitrogens with two attached hydrogens (primary N) is 3. The zero-order valence-corrected chi connectivity index (χ0v) is 7.40. The number of fused-ring (bicyclic) bond motifs is 1. The molecule has 1 aromatic rings. The van der Waals surface area contributed by atoms with Crippen molar-refractivity contribution in [2.24, 2.45) is 17.3 Å². The van der Waals surface area contributed by atoms with Gasteiger partial charge < -0.3 is 0 Å². The van der Waals surface area contributed by atoms with E-state index < -0.39 is 5.79 Å². The summed E-state index contributed by atoms with van der Waals surface area (Å²) < 4.78 is 0. The highest BCUT2D eigenvalue weighted by Crippen LogP contribution is 2.28. The van der Waals surface area contributed by atoms with Crippen LogP contribution in [-0.2, 0) is 6.42 Å². The maximum atomic E-state index is 5.81. The first kappa shape index (κ1) is 8.50. The SMILES string of the molecule is NN1c2ccccc2CCC1(N)N. The summed E-state index contributed by atoms with van der Waals surface area (Å²) in [6, 6.07) is 7.90. The summed E-state index contributed by atoms with van der Waals surface area (Å²) in [7, 11) is 0. The molecule has 0 aromatic heterocycles. The van der Waals surface area contributed by atoms with E-state index in [0.29, 0.717) is 6.42 Å². The van der Waals surface area contributed by atoms with E-state index in [0.717, 1.165) is 12.1 Å². The maximum absolute atomic E-state index is 5.81. The third kappa shape index (κ3) is 1.29. The molecule has 0 bridgehead atoms. The lowest BCUT2D eigenvalue weighted by atomic mass is 9.98. The number of benzene rings is 1.